The summed E-state index contributed by atoms with van der Waals surface area (Å²) >= 11 is 5.14. The number of aliphatic hydroxyl groups excluding tert-OH is 1. The Morgan fingerprint density at radius 2 is 1.61 bits per heavy atom. The predicted octanol–water partition coefficient (Wildman–Crippen LogP) is 4.83. The molecule has 1 nitrogen and oxygen atoms in total. The first-order valence-electron chi connectivity index (χ1n) is 5.91. The van der Waals surface area contributed by atoms with Crippen LogP contribution in [0.1, 0.15) is 38.1 Å². The van der Waals surface area contributed by atoms with E-state index >= 15 is 0 Å². The van der Waals surface area contributed by atoms with Gasteiger partial charge in [-0.3, -0.25) is 0 Å². The summed E-state index contributed by atoms with van der Waals surface area (Å²) in [6.45, 7) is 8.30. The summed E-state index contributed by atoms with van der Waals surface area (Å²) in [5, 5.41) is 10.5. The zero-order valence-corrected chi connectivity index (χ0v) is 13.4. The van der Waals surface area contributed by atoms with Crippen LogP contribution in [0, 0.1) is 27.7 Å². The third-order valence-electron chi connectivity index (χ3n) is 3.32. The van der Waals surface area contributed by atoms with Gasteiger partial charge in [-0.15, -0.1) is 11.3 Å². The van der Waals surface area contributed by atoms with Gasteiger partial charge in [0.05, 0.1) is 0 Å². The topological polar surface area (TPSA) is 20.2 Å². The van der Waals surface area contributed by atoms with E-state index in [2.05, 4.69) is 55.8 Å². The summed E-state index contributed by atoms with van der Waals surface area (Å²) in [4.78, 5) is 2.19. The Labute approximate surface area is 121 Å². The van der Waals surface area contributed by atoms with Gasteiger partial charge >= 0.3 is 0 Å². The van der Waals surface area contributed by atoms with Gasteiger partial charge < -0.3 is 5.11 Å². The first kappa shape index (κ1) is 13.8. The highest BCUT2D eigenvalue weighted by Gasteiger charge is 2.17. The van der Waals surface area contributed by atoms with Crippen LogP contribution in [-0.2, 0) is 0 Å². The molecule has 18 heavy (non-hydrogen) atoms. The number of rotatable bonds is 2. The molecule has 0 aliphatic rings. The van der Waals surface area contributed by atoms with Crippen molar-refractivity contribution >= 4 is 27.3 Å². The van der Waals surface area contributed by atoms with Gasteiger partial charge in [-0.2, -0.15) is 0 Å². The fourth-order valence-electron chi connectivity index (χ4n) is 2.05. The Morgan fingerprint density at radius 1 is 1.00 bits per heavy atom. The molecule has 0 radical (unpaired) electrons. The van der Waals surface area contributed by atoms with E-state index in [1.54, 1.807) is 11.3 Å². The van der Waals surface area contributed by atoms with Crippen molar-refractivity contribution in [2.75, 3.05) is 0 Å². The van der Waals surface area contributed by atoms with Crippen molar-refractivity contribution in [2.45, 2.75) is 33.8 Å². The van der Waals surface area contributed by atoms with Gasteiger partial charge in [-0.25, -0.2) is 0 Å². The molecule has 0 fully saturated rings. The zero-order valence-electron chi connectivity index (χ0n) is 11.0. The van der Waals surface area contributed by atoms with Gasteiger partial charge in [0, 0.05) is 14.2 Å². The van der Waals surface area contributed by atoms with Crippen molar-refractivity contribution < 1.29 is 5.11 Å². The number of benzene rings is 1. The molecule has 0 bridgehead atoms. The van der Waals surface area contributed by atoms with Crippen molar-refractivity contribution in [3.8, 4) is 0 Å². The summed E-state index contributed by atoms with van der Waals surface area (Å²) in [5.74, 6) is 0. The molecule has 3 heteroatoms. The van der Waals surface area contributed by atoms with Gasteiger partial charge in [-0.1, -0.05) is 12.1 Å². The molecule has 96 valence electrons. The van der Waals surface area contributed by atoms with Crippen LogP contribution in [0.4, 0.5) is 0 Å². The molecule has 0 saturated heterocycles. The molecule has 0 saturated carbocycles. The average Bonchev–Trinajstić information content (AvgIpc) is 2.63. The first-order chi connectivity index (χ1) is 8.40. The van der Waals surface area contributed by atoms with Crippen molar-refractivity contribution in [2.24, 2.45) is 0 Å². The third-order valence-corrected chi connectivity index (χ3v) is 5.51. The SMILES string of the molecule is Cc1cc(C)c(C(O)c2cc(Br)c(C)s2)cc1C. The third kappa shape index (κ3) is 2.53. The smallest absolute Gasteiger partial charge is 0.113 e. The van der Waals surface area contributed by atoms with Gasteiger partial charge in [0.1, 0.15) is 6.10 Å². The molecule has 1 atom stereocenters. The summed E-state index contributed by atoms with van der Waals surface area (Å²) in [7, 11) is 0. The molecule has 0 spiro atoms. The van der Waals surface area contributed by atoms with Gasteiger partial charge in [-0.05, 0) is 71.9 Å². The van der Waals surface area contributed by atoms with Crippen LogP contribution in [0.5, 0.6) is 0 Å². The van der Waals surface area contributed by atoms with E-state index in [-0.39, 0.29) is 0 Å². The molecule has 0 aliphatic heterocycles. The highest BCUT2D eigenvalue weighted by atomic mass is 79.9. The van der Waals surface area contributed by atoms with E-state index in [0.29, 0.717) is 0 Å². The molecular formula is C15H17BrOS. The molecule has 0 aliphatic carbocycles. The van der Waals surface area contributed by atoms with Gasteiger partial charge in [0.25, 0.3) is 0 Å². The maximum absolute atomic E-state index is 10.5. The van der Waals surface area contributed by atoms with E-state index in [4.69, 9.17) is 0 Å². The number of thiophene rings is 1. The molecule has 1 aromatic heterocycles. The monoisotopic (exact) mass is 324 g/mol. The molecule has 2 rings (SSSR count). The van der Waals surface area contributed by atoms with Crippen LogP contribution >= 0.6 is 27.3 Å². The number of halogens is 1. The Bertz CT molecular complexity index is 567. The second-order valence-corrected chi connectivity index (χ2v) is 6.89. The molecule has 1 heterocycles. The molecule has 0 amide bonds. The normalized spacial score (nSPS) is 12.8. The molecule has 1 aromatic carbocycles. The largest absolute Gasteiger partial charge is 0.383 e. The lowest BCUT2D eigenvalue weighted by atomic mass is 9.96. The average molecular weight is 325 g/mol. The van der Waals surface area contributed by atoms with Gasteiger partial charge in [0.2, 0.25) is 0 Å². The number of aryl methyl sites for hydroxylation is 4. The maximum Gasteiger partial charge on any atom is 0.113 e. The number of hydrogen-bond acceptors (Lipinski definition) is 2. The summed E-state index contributed by atoms with van der Waals surface area (Å²) in [6, 6.07) is 6.25. The van der Waals surface area contributed by atoms with Crippen LogP contribution in [0.3, 0.4) is 0 Å². The summed E-state index contributed by atoms with van der Waals surface area (Å²) in [6.07, 6.45) is -0.528. The molecule has 1 N–H and O–H groups in total. The minimum Gasteiger partial charge on any atom is -0.383 e. The van der Waals surface area contributed by atoms with Crippen molar-refractivity contribution in [3.05, 3.63) is 54.7 Å². The summed E-state index contributed by atoms with van der Waals surface area (Å²) in [5.41, 5.74) is 4.65. The Hall–Kier alpha value is -0.640. The number of aliphatic hydroxyl groups is 1. The van der Waals surface area contributed by atoms with Gasteiger partial charge in [0.15, 0.2) is 0 Å². The fraction of sp³-hybridized carbons (Fsp3) is 0.333. The van der Waals surface area contributed by atoms with E-state index in [0.717, 1.165) is 20.5 Å². The van der Waals surface area contributed by atoms with Crippen LogP contribution in [0.15, 0.2) is 22.7 Å². The van der Waals surface area contributed by atoms with Crippen LogP contribution in [0.25, 0.3) is 0 Å². The standard InChI is InChI=1S/C15H17BrOS/c1-8-5-10(3)12(6-9(8)2)15(17)14-7-13(16)11(4)18-14/h5-7,15,17H,1-4H3. The van der Waals surface area contributed by atoms with E-state index in [1.807, 2.05) is 6.07 Å². The second kappa shape index (κ2) is 5.16. The highest BCUT2D eigenvalue weighted by Crippen LogP contribution is 2.35. The van der Waals surface area contributed by atoms with Crippen molar-refractivity contribution in [3.63, 3.8) is 0 Å². The predicted molar refractivity (Wildman–Crippen MR) is 81.5 cm³/mol. The Balaban J connectivity index is 2.45. The molecule has 1 unspecified atom stereocenters. The minimum absolute atomic E-state index is 0.528. The lowest BCUT2D eigenvalue weighted by molar-refractivity contribution is 0.223. The van der Waals surface area contributed by atoms with E-state index < -0.39 is 6.10 Å². The first-order valence-corrected chi connectivity index (χ1v) is 7.52. The second-order valence-electron chi connectivity index (χ2n) is 4.75. The Morgan fingerprint density at radius 3 is 2.17 bits per heavy atom. The van der Waals surface area contributed by atoms with Crippen LogP contribution in [0.2, 0.25) is 0 Å². The van der Waals surface area contributed by atoms with E-state index in [9.17, 15) is 5.11 Å². The quantitative estimate of drug-likeness (QED) is 0.839. The Kier molecular flexibility index (Phi) is 3.95. The minimum atomic E-state index is -0.528. The lowest BCUT2D eigenvalue weighted by Gasteiger charge is -2.14. The maximum atomic E-state index is 10.5. The molecular weight excluding hydrogens is 308 g/mol. The fourth-order valence-corrected chi connectivity index (χ4v) is 3.61. The van der Waals surface area contributed by atoms with Crippen molar-refractivity contribution in [1.29, 1.82) is 0 Å². The van der Waals surface area contributed by atoms with Crippen LogP contribution < -0.4 is 0 Å². The highest BCUT2D eigenvalue weighted by molar-refractivity contribution is 9.10. The van der Waals surface area contributed by atoms with Crippen LogP contribution in [-0.4, -0.2) is 5.11 Å². The summed E-state index contributed by atoms with van der Waals surface area (Å²) < 4.78 is 1.07. The lowest BCUT2D eigenvalue weighted by Crippen LogP contribution is -2.01. The van der Waals surface area contributed by atoms with E-state index in [1.165, 1.54) is 16.0 Å². The molecule has 2 aromatic rings. The zero-order chi connectivity index (χ0) is 13.4. The number of hydrogen-bond donors (Lipinski definition) is 1. The van der Waals surface area contributed by atoms with Crippen molar-refractivity contribution in [1.82, 2.24) is 0 Å².